The van der Waals surface area contributed by atoms with Crippen LogP contribution in [0.3, 0.4) is 0 Å². The van der Waals surface area contributed by atoms with Gasteiger partial charge in [0.25, 0.3) is 5.56 Å². The van der Waals surface area contributed by atoms with Gasteiger partial charge in [-0.1, -0.05) is 30.3 Å². The lowest BCUT2D eigenvalue weighted by molar-refractivity contribution is 0.382. The summed E-state index contributed by atoms with van der Waals surface area (Å²) in [5.74, 6) is 0.150. The van der Waals surface area contributed by atoms with E-state index in [0.717, 1.165) is 17.4 Å². The van der Waals surface area contributed by atoms with Crippen LogP contribution >= 0.6 is 0 Å². The number of hydrogen-bond donors (Lipinski definition) is 0. The van der Waals surface area contributed by atoms with Gasteiger partial charge in [0.2, 0.25) is 11.7 Å². The van der Waals surface area contributed by atoms with Crippen molar-refractivity contribution in [2.75, 3.05) is 0 Å². The molecule has 7 nitrogen and oxygen atoms in total. The highest BCUT2D eigenvalue weighted by Crippen LogP contribution is 2.22. The van der Waals surface area contributed by atoms with Crippen molar-refractivity contribution in [3.05, 3.63) is 68.1 Å². The van der Waals surface area contributed by atoms with Crippen molar-refractivity contribution in [1.29, 1.82) is 0 Å². The summed E-state index contributed by atoms with van der Waals surface area (Å²) in [6.07, 6.45) is 2.86. The maximum Gasteiger partial charge on any atom is 0.331 e. The van der Waals surface area contributed by atoms with Gasteiger partial charge >= 0.3 is 5.69 Å². The van der Waals surface area contributed by atoms with E-state index in [0.29, 0.717) is 31.0 Å². The van der Waals surface area contributed by atoms with E-state index in [-0.39, 0.29) is 23.5 Å². The molecule has 0 aliphatic carbocycles. The van der Waals surface area contributed by atoms with Crippen molar-refractivity contribution in [2.45, 2.75) is 45.7 Å². The normalized spacial score (nSPS) is 13.6. The lowest BCUT2D eigenvalue weighted by Gasteiger charge is -2.22. The lowest BCUT2D eigenvalue weighted by atomic mass is 10.0. The van der Waals surface area contributed by atoms with E-state index in [1.165, 1.54) is 6.07 Å². The summed E-state index contributed by atoms with van der Waals surface area (Å²) >= 11 is 0. The third-order valence-corrected chi connectivity index (χ3v) is 4.86. The second-order valence-electron chi connectivity index (χ2n) is 6.56. The van der Waals surface area contributed by atoms with Gasteiger partial charge < -0.3 is 4.52 Å². The number of fused-ring (bicyclic) bond motifs is 1. The zero-order valence-corrected chi connectivity index (χ0v) is 14.9. The van der Waals surface area contributed by atoms with Crippen LogP contribution in [-0.2, 0) is 25.9 Å². The molecule has 0 saturated heterocycles. The predicted octanol–water partition coefficient (Wildman–Crippen LogP) is 2.15. The highest BCUT2D eigenvalue weighted by Gasteiger charge is 2.25. The molecule has 27 heavy (non-hydrogen) atoms. The van der Waals surface area contributed by atoms with Crippen molar-refractivity contribution in [3.63, 3.8) is 0 Å². The van der Waals surface area contributed by atoms with Crippen LogP contribution in [0.25, 0.3) is 11.4 Å². The smallest absolute Gasteiger partial charge is 0.331 e. The number of aryl methyl sites for hydroxylation is 1. The molecule has 0 fully saturated rings. The van der Waals surface area contributed by atoms with Crippen LogP contribution in [0.1, 0.15) is 36.9 Å². The number of rotatable bonds is 4. The number of aromatic nitrogens is 4. The Morgan fingerprint density at radius 3 is 2.78 bits per heavy atom. The van der Waals surface area contributed by atoms with Gasteiger partial charge in [0.1, 0.15) is 11.4 Å². The molecule has 0 radical (unpaired) electrons. The van der Waals surface area contributed by atoms with E-state index in [1.54, 1.807) is 22.8 Å². The number of benzene rings is 1. The number of halogens is 1. The van der Waals surface area contributed by atoms with Crippen LogP contribution < -0.4 is 11.2 Å². The van der Waals surface area contributed by atoms with Gasteiger partial charge in [-0.15, -0.1) is 0 Å². The SMILES string of the molecule is CCc1nc(-c2c3n(c(=O)n(Cc4ccccc4F)c2=O)CCCC3)no1. The average molecular weight is 370 g/mol. The summed E-state index contributed by atoms with van der Waals surface area (Å²) in [4.78, 5) is 30.4. The molecule has 0 saturated carbocycles. The van der Waals surface area contributed by atoms with Crippen molar-refractivity contribution in [2.24, 2.45) is 0 Å². The van der Waals surface area contributed by atoms with Gasteiger partial charge in [0.05, 0.1) is 6.54 Å². The fourth-order valence-electron chi connectivity index (χ4n) is 3.46. The van der Waals surface area contributed by atoms with Crippen molar-refractivity contribution in [3.8, 4) is 11.4 Å². The molecular weight excluding hydrogens is 351 g/mol. The summed E-state index contributed by atoms with van der Waals surface area (Å²) in [5, 5.41) is 3.93. The van der Waals surface area contributed by atoms with E-state index in [4.69, 9.17) is 4.52 Å². The van der Waals surface area contributed by atoms with Crippen molar-refractivity contribution < 1.29 is 8.91 Å². The van der Waals surface area contributed by atoms with E-state index in [1.807, 2.05) is 6.92 Å². The third kappa shape index (κ3) is 3.01. The first-order chi connectivity index (χ1) is 13.1. The molecule has 2 aromatic heterocycles. The summed E-state index contributed by atoms with van der Waals surface area (Å²) in [7, 11) is 0. The largest absolute Gasteiger partial charge is 0.339 e. The molecule has 1 aliphatic heterocycles. The van der Waals surface area contributed by atoms with Crippen molar-refractivity contribution >= 4 is 0 Å². The zero-order chi connectivity index (χ0) is 19.0. The minimum atomic E-state index is -0.514. The fourth-order valence-corrected chi connectivity index (χ4v) is 3.46. The first kappa shape index (κ1) is 17.4. The maximum atomic E-state index is 14.1. The van der Waals surface area contributed by atoms with Crippen LogP contribution in [0.2, 0.25) is 0 Å². The van der Waals surface area contributed by atoms with Crippen LogP contribution in [0, 0.1) is 5.82 Å². The standard InChI is InChI=1S/C19H19FN4O3/c1-2-15-21-17(22-27-15)16-14-9-5-6-10-23(14)19(26)24(18(16)25)11-12-7-3-4-8-13(12)20/h3-4,7-8H,2,5-6,9-11H2,1H3. The molecule has 3 aromatic rings. The van der Waals surface area contributed by atoms with Crippen LogP contribution in [0.5, 0.6) is 0 Å². The minimum absolute atomic E-state index is 0.143. The minimum Gasteiger partial charge on any atom is -0.339 e. The molecule has 0 amide bonds. The van der Waals surface area contributed by atoms with E-state index in [2.05, 4.69) is 10.1 Å². The van der Waals surface area contributed by atoms with E-state index in [9.17, 15) is 14.0 Å². The number of nitrogens with zero attached hydrogens (tertiary/aromatic N) is 4. The van der Waals surface area contributed by atoms with E-state index >= 15 is 0 Å². The van der Waals surface area contributed by atoms with Gasteiger partial charge in [-0.25, -0.2) is 9.18 Å². The quantitative estimate of drug-likeness (QED) is 0.703. The van der Waals surface area contributed by atoms with E-state index < -0.39 is 17.1 Å². The Morgan fingerprint density at radius 1 is 1.22 bits per heavy atom. The van der Waals surface area contributed by atoms with Crippen LogP contribution in [0.4, 0.5) is 4.39 Å². The van der Waals surface area contributed by atoms with Crippen LogP contribution in [-0.4, -0.2) is 19.3 Å². The third-order valence-electron chi connectivity index (χ3n) is 4.86. The summed E-state index contributed by atoms with van der Waals surface area (Å²) in [6.45, 7) is 2.24. The number of hydrogen-bond acceptors (Lipinski definition) is 5. The summed E-state index contributed by atoms with van der Waals surface area (Å²) in [5.41, 5.74) is 0.237. The first-order valence-electron chi connectivity index (χ1n) is 9.03. The molecule has 8 heteroatoms. The zero-order valence-electron chi connectivity index (χ0n) is 14.9. The predicted molar refractivity (Wildman–Crippen MR) is 96.1 cm³/mol. The van der Waals surface area contributed by atoms with Crippen molar-refractivity contribution in [1.82, 2.24) is 19.3 Å². The molecule has 0 N–H and O–H groups in total. The molecule has 4 rings (SSSR count). The average Bonchev–Trinajstić information content (AvgIpc) is 3.15. The highest BCUT2D eigenvalue weighted by atomic mass is 19.1. The summed E-state index contributed by atoms with van der Waals surface area (Å²) < 4.78 is 21.9. The Labute approximate surface area is 154 Å². The summed E-state index contributed by atoms with van der Waals surface area (Å²) in [6, 6.07) is 6.12. The first-order valence-corrected chi connectivity index (χ1v) is 9.03. The maximum absolute atomic E-state index is 14.1. The lowest BCUT2D eigenvalue weighted by Crippen LogP contribution is -2.44. The Hall–Kier alpha value is -3.03. The Balaban J connectivity index is 1.94. The topological polar surface area (TPSA) is 82.9 Å². The molecule has 140 valence electrons. The van der Waals surface area contributed by atoms with Gasteiger partial charge in [-0.3, -0.25) is 13.9 Å². The van der Waals surface area contributed by atoms with Gasteiger partial charge in [-0.05, 0) is 25.3 Å². The highest BCUT2D eigenvalue weighted by molar-refractivity contribution is 5.56. The molecule has 0 unspecified atom stereocenters. The molecular formula is C19H19FN4O3. The fraction of sp³-hybridized carbons (Fsp3) is 0.368. The molecule has 0 bridgehead atoms. The second kappa shape index (κ2) is 6.94. The Kier molecular flexibility index (Phi) is 4.47. The molecule has 1 aromatic carbocycles. The Morgan fingerprint density at radius 2 is 2.04 bits per heavy atom. The Bertz CT molecular complexity index is 1110. The van der Waals surface area contributed by atoms with Gasteiger partial charge in [-0.2, -0.15) is 4.98 Å². The molecule has 0 atom stereocenters. The molecule has 0 spiro atoms. The molecule has 1 aliphatic rings. The van der Waals surface area contributed by atoms with Gasteiger partial charge in [0.15, 0.2) is 0 Å². The molecule has 3 heterocycles. The van der Waals surface area contributed by atoms with Gasteiger partial charge in [0, 0.05) is 24.2 Å². The monoisotopic (exact) mass is 370 g/mol. The second-order valence-corrected chi connectivity index (χ2v) is 6.56. The van der Waals surface area contributed by atoms with Crippen LogP contribution in [0.15, 0.2) is 38.4 Å².